The molecular formula is C8H15N3OS. The minimum Gasteiger partial charge on any atom is -0.396 e. The number of aliphatic hydroxyl groups excluding tert-OH is 1. The summed E-state index contributed by atoms with van der Waals surface area (Å²) in [5.41, 5.74) is 0. The van der Waals surface area contributed by atoms with Gasteiger partial charge in [0.25, 0.3) is 0 Å². The van der Waals surface area contributed by atoms with Crippen molar-refractivity contribution in [1.82, 2.24) is 5.32 Å². The Hall–Kier alpha value is -0.730. The van der Waals surface area contributed by atoms with Crippen molar-refractivity contribution in [3.05, 3.63) is 0 Å². The van der Waals surface area contributed by atoms with Crippen LogP contribution in [0.4, 0.5) is 0 Å². The second-order valence-electron chi connectivity index (χ2n) is 2.70. The third-order valence-electron chi connectivity index (χ3n) is 1.52. The average Bonchev–Trinajstić information content (AvgIpc) is 2.12. The maximum atomic E-state index is 8.64. The zero-order chi connectivity index (χ0) is 10.1. The summed E-state index contributed by atoms with van der Waals surface area (Å²) >= 11 is 1.41. The summed E-state index contributed by atoms with van der Waals surface area (Å²) in [6.45, 7) is 2.85. The highest BCUT2D eigenvalue weighted by molar-refractivity contribution is 8.13. The van der Waals surface area contributed by atoms with E-state index in [9.17, 15) is 0 Å². The van der Waals surface area contributed by atoms with Gasteiger partial charge in [0.1, 0.15) is 0 Å². The Bertz CT molecular complexity index is 200. The molecule has 0 fully saturated rings. The van der Waals surface area contributed by atoms with E-state index >= 15 is 0 Å². The molecule has 1 unspecified atom stereocenters. The zero-order valence-corrected chi connectivity index (χ0v) is 8.77. The van der Waals surface area contributed by atoms with Crippen LogP contribution in [-0.2, 0) is 0 Å². The van der Waals surface area contributed by atoms with E-state index in [1.54, 1.807) is 0 Å². The molecule has 2 N–H and O–H groups in total. The lowest BCUT2D eigenvalue weighted by atomic mass is 10.1. The lowest BCUT2D eigenvalue weighted by molar-refractivity contribution is 0.264. The fraction of sp³-hybridized carbons (Fsp3) is 0.750. The van der Waals surface area contributed by atoms with Gasteiger partial charge >= 0.3 is 0 Å². The summed E-state index contributed by atoms with van der Waals surface area (Å²) in [7, 11) is 0. The number of thioether (sulfide) groups is 1. The zero-order valence-electron chi connectivity index (χ0n) is 7.95. The Kier molecular flexibility index (Phi) is 7.45. The fourth-order valence-corrected chi connectivity index (χ4v) is 1.10. The van der Waals surface area contributed by atoms with Gasteiger partial charge in [0.2, 0.25) is 0 Å². The van der Waals surface area contributed by atoms with Crippen LogP contribution in [0.2, 0.25) is 0 Å². The topological polar surface area (TPSA) is 68.4 Å². The molecule has 13 heavy (non-hydrogen) atoms. The summed E-state index contributed by atoms with van der Waals surface area (Å²) in [4.78, 5) is 4.19. The summed E-state index contributed by atoms with van der Waals surface area (Å²) in [6, 6.07) is 0. The van der Waals surface area contributed by atoms with Gasteiger partial charge in [0.15, 0.2) is 11.4 Å². The summed E-state index contributed by atoms with van der Waals surface area (Å²) in [5, 5.41) is 20.1. The number of hydrogen-bond acceptors (Lipinski definition) is 4. The van der Waals surface area contributed by atoms with Crippen LogP contribution in [0.25, 0.3) is 0 Å². The monoisotopic (exact) mass is 201 g/mol. The van der Waals surface area contributed by atoms with Crippen LogP contribution in [0.3, 0.4) is 0 Å². The maximum Gasteiger partial charge on any atom is 0.183 e. The number of amidine groups is 1. The number of aliphatic hydroxyl groups is 1. The molecule has 0 spiro atoms. The molecule has 0 radical (unpaired) electrons. The van der Waals surface area contributed by atoms with E-state index < -0.39 is 0 Å². The minimum atomic E-state index is 0.191. The van der Waals surface area contributed by atoms with Gasteiger partial charge in [-0.3, -0.25) is 10.3 Å². The molecule has 0 saturated heterocycles. The van der Waals surface area contributed by atoms with E-state index in [1.165, 1.54) is 11.8 Å². The predicted molar refractivity (Wildman–Crippen MR) is 55.4 cm³/mol. The van der Waals surface area contributed by atoms with Gasteiger partial charge in [-0.1, -0.05) is 18.7 Å². The highest BCUT2D eigenvalue weighted by Crippen LogP contribution is 2.03. The molecule has 0 rings (SSSR count). The summed E-state index contributed by atoms with van der Waals surface area (Å²) in [5.74, 6) is 0.354. The van der Waals surface area contributed by atoms with Gasteiger partial charge in [-0.05, 0) is 18.6 Å². The smallest absolute Gasteiger partial charge is 0.183 e. The molecule has 1 atom stereocenters. The van der Waals surface area contributed by atoms with Crippen molar-refractivity contribution in [3.8, 4) is 6.19 Å². The molecule has 4 nitrogen and oxygen atoms in total. The van der Waals surface area contributed by atoms with Crippen molar-refractivity contribution in [3.63, 3.8) is 0 Å². The van der Waals surface area contributed by atoms with Crippen molar-refractivity contribution in [2.75, 3.05) is 19.4 Å². The second kappa shape index (κ2) is 7.90. The Labute approximate surface area is 83.0 Å². The van der Waals surface area contributed by atoms with Crippen LogP contribution < -0.4 is 5.32 Å². The molecule has 74 valence electrons. The maximum absolute atomic E-state index is 8.64. The normalized spacial score (nSPS) is 13.5. The Morgan fingerprint density at radius 2 is 2.46 bits per heavy atom. The fourth-order valence-electron chi connectivity index (χ4n) is 0.753. The molecule has 0 heterocycles. The number of rotatable bonds is 4. The van der Waals surface area contributed by atoms with Gasteiger partial charge in [-0.25, -0.2) is 0 Å². The van der Waals surface area contributed by atoms with Crippen LogP contribution >= 0.6 is 11.8 Å². The van der Waals surface area contributed by atoms with E-state index in [0.717, 1.165) is 6.42 Å². The lowest BCUT2D eigenvalue weighted by Crippen LogP contribution is -2.15. The molecule has 0 saturated carbocycles. The predicted octanol–water partition coefficient (Wildman–Crippen LogP) is 0.795. The summed E-state index contributed by atoms with van der Waals surface area (Å²) < 4.78 is 0. The van der Waals surface area contributed by atoms with Crippen LogP contribution in [0.15, 0.2) is 4.99 Å². The van der Waals surface area contributed by atoms with E-state index in [0.29, 0.717) is 17.6 Å². The second-order valence-corrected chi connectivity index (χ2v) is 3.50. The molecular weight excluding hydrogens is 186 g/mol. The van der Waals surface area contributed by atoms with E-state index in [4.69, 9.17) is 10.4 Å². The van der Waals surface area contributed by atoms with E-state index in [2.05, 4.69) is 10.3 Å². The first kappa shape index (κ1) is 12.3. The molecule has 0 aliphatic rings. The third-order valence-corrected chi connectivity index (χ3v) is 2.14. The van der Waals surface area contributed by atoms with Gasteiger partial charge in [0.05, 0.1) is 0 Å². The molecule has 0 aromatic carbocycles. The number of nitriles is 1. The van der Waals surface area contributed by atoms with Crippen molar-refractivity contribution in [2.24, 2.45) is 10.9 Å². The van der Waals surface area contributed by atoms with Gasteiger partial charge in [0, 0.05) is 13.2 Å². The lowest BCUT2D eigenvalue weighted by Gasteiger charge is -2.06. The number of aliphatic imine (C=N–C) groups is 1. The van der Waals surface area contributed by atoms with Crippen LogP contribution in [-0.4, -0.2) is 29.7 Å². The molecule has 0 aliphatic heterocycles. The molecule has 0 aromatic rings. The minimum absolute atomic E-state index is 0.191. The molecule has 0 bridgehead atoms. The molecule has 0 aromatic heterocycles. The van der Waals surface area contributed by atoms with Gasteiger partial charge in [-0.15, -0.1) is 0 Å². The van der Waals surface area contributed by atoms with Gasteiger partial charge in [-0.2, -0.15) is 5.26 Å². The third kappa shape index (κ3) is 6.43. The first-order chi connectivity index (χ1) is 6.24. The number of hydrogen-bond donors (Lipinski definition) is 2. The SMILES string of the molecule is CSC(=NCC(C)CCO)NC#N. The molecule has 0 amide bonds. The van der Waals surface area contributed by atoms with Crippen LogP contribution in [0, 0.1) is 17.4 Å². The average molecular weight is 201 g/mol. The van der Waals surface area contributed by atoms with E-state index in [1.807, 2.05) is 19.4 Å². The van der Waals surface area contributed by atoms with Crippen molar-refractivity contribution in [1.29, 1.82) is 5.26 Å². The van der Waals surface area contributed by atoms with Crippen molar-refractivity contribution >= 4 is 16.9 Å². The van der Waals surface area contributed by atoms with Gasteiger partial charge < -0.3 is 5.11 Å². The molecule has 5 heteroatoms. The largest absolute Gasteiger partial charge is 0.396 e. The first-order valence-corrected chi connectivity index (χ1v) is 5.31. The Morgan fingerprint density at radius 1 is 1.77 bits per heavy atom. The first-order valence-electron chi connectivity index (χ1n) is 4.09. The number of nitrogens with zero attached hydrogens (tertiary/aromatic N) is 2. The van der Waals surface area contributed by atoms with Crippen LogP contribution in [0.5, 0.6) is 0 Å². The van der Waals surface area contributed by atoms with Crippen LogP contribution in [0.1, 0.15) is 13.3 Å². The van der Waals surface area contributed by atoms with Crippen molar-refractivity contribution in [2.45, 2.75) is 13.3 Å². The number of nitrogens with one attached hydrogen (secondary N) is 1. The standard InChI is InChI=1S/C8H15N3OS/c1-7(3-4-12)5-10-8(13-2)11-6-9/h7,12H,3-5H2,1-2H3,(H,10,11). The Morgan fingerprint density at radius 3 is 2.92 bits per heavy atom. The highest BCUT2D eigenvalue weighted by atomic mass is 32.2. The molecule has 0 aliphatic carbocycles. The Balaban J connectivity index is 3.85. The highest BCUT2D eigenvalue weighted by Gasteiger charge is 2.00. The van der Waals surface area contributed by atoms with E-state index in [-0.39, 0.29) is 6.61 Å². The van der Waals surface area contributed by atoms with Crippen molar-refractivity contribution < 1.29 is 5.11 Å². The quantitative estimate of drug-likeness (QED) is 0.305. The summed E-state index contributed by atoms with van der Waals surface area (Å²) in [6.07, 6.45) is 4.43.